The van der Waals surface area contributed by atoms with Gasteiger partial charge in [0.05, 0.1) is 61.0 Å². The van der Waals surface area contributed by atoms with Crippen LogP contribution in [0.25, 0.3) is 0 Å². The first-order valence-electron chi connectivity index (χ1n) is 20.3. The summed E-state index contributed by atoms with van der Waals surface area (Å²) in [5.41, 5.74) is 6.96. The molecule has 10 fully saturated rings. The third-order valence-electron chi connectivity index (χ3n) is 14.2. The smallest absolute Gasteiger partial charge is 0.172 e. The Kier molecular flexibility index (Phi) is 10.2. The van der Waals surface area contributed by atoms with Crippen molar-refractivity contribution in [2.45, 2.75) is 194 Å². The summed E-state index contributed by atoms with van der Waals surface area (Å²) in [6.07, 6.45) is 5.17. The summed E-state index contributed by atoms with van der Waals surface area (Å²) in [4.78, 5) is 14.1. The van der Waals surface area contributed by atoms with Crippen LogP contribution in [0.2, 0.25) is 0 Å². The number of carbonyl (C=O) groups excluding carboxylic acids is 1. The van der Waals surface area contributed by atoms with Crippen molar-refractivity contribution in [2.24, 2.45) is 23.5 Å². The van der Waals surface area contributed by atoms with Crippen molar-refractivity contribution in [1.82, 2.24) is 0 Å². The second-order valence-corrected chi connectivity index (χ2v) is 17.6. The molecule has 10 rings (SSSR count). The SMILES string of the molecule is C=C1C[C@@H]2CC[C@@]34C[C@H]5O[C@H]6[C@@H](O3)[C@H]3O[C@H](CC[C@@H]3O[C@H]6[C@H]5O4)CC(=O)C[C@@H]3[C@@H](OC)[C@@H](C[C@H](O)CN)O[C@H]3C[C@H]3O[C@@H](CC[C@@H]1O2)C[C@@H](C)C3[CH2-]. The van der Waals surface area contributed by atoms with E-state index in [9.17, 15) is 9.90 Å². The Morgan fingerprint density at radius 3 is 2.44 bits per heavy atom. The maximum atomic E-state index is 14.1. The zero-order chi connectivity index (χ0) is 35.9. The van der Waals surface area contributed by atoms with Gasteiger partial charge in [-0.3, -0.25) is 4.79 Å². The number of Topliss-reactive ketones (excluding diaryl/α,β-unsaturated/α-hetero) is 1. The second-order valence-electron chi connectivity index (χ2n) is 17.6. The van der Waals surface area contributed by atoms with Crippen LogP contribution in [0.4, 0.5) is 0 Å². The maximum Gasteiger partial charge on any atom is 0.172 e. The molecule has 3 N–H and O–H groups in total. The van der Waals surface area contributed by atoms with Crippen LogP contribution in [0.1, 0.15) is 90.4 Å². The largest absolute Gasteiger partial charge is 0.392 e. The summed E-state index contributed by atoms with van der Waals surface area (Å²) in [5.74, 6) is -0.433. The summed E-state index contributed by atoms with van der Waals surface area (Å²) >= 11 is 0. The number of methoxy groups -OCH3 is 1. The van der Waals surface area contributed by atoms with E-state index in [4.69, 9.17) is 48.4 Å². The summed E-state index contributed by atoms with van der Waals surface area (Å²) in [6, 6.07) is 0. The molecule has 0 amide bonds. The number of hydrogen-bond donors (Lipinski definition) is 2. The fourth-order valence-electron chi connectivity index (χ4n) is 11.4. The Balaban J connectivity index is 0.992. The molecule has 12 heteroatoms. The van der Waals surface area contributed by atoms with Gasteiger partial charge >= 0.3 is 0 Å². The number of hydrogen-bond acceptors (Lipinski definition) is 12. The summed E-state index contributed by atoms with van der Waals surface area (Å²) in [7, 11) is 1.66. The van der Waals surface area contributed by atoms with Crippen molar-refractivity contribution in [3.05, 3.63) is 19.1 Å². The molecule has 10 aliphatic heterocycles. The highest BCUT2D eigenvalue weighted by Gasteiger charge is 2.68. The number of fused-ring (bicyclic) bond motifs is 6. The average Bonchev–Trinajstić information content (AvgIpc) is 3.79. The Bertz CT molecular complexity index is 1330. The van der Waals surface area contributed by atoms with Crippen LogP contribution in [0.3, 0.4) is 0 Å². The first-order chi connectivity index (χ1) is 25.1. The van der Waals surface area contributed by atoms with E-state index >= 15 is 0 Å². The van der Waals surface area contributed by atoms with Gasteiger partial charge in [-0.1, -0.05) is 19.4 Å². The van der Waals surface area contributed by atoms with E-state index in [2.05, 4.69) is 20.4 Å². The van der Waals surface area contributed by atoms with Crippen molar-refractivity contribution in [3.63, 3.8) is 0 Å². The first kappa shape index (κ1) is 36.6. The van der Waals surface area contributed by atoms with Gasteiger partial charge in [0.15, 0.2) is 5.79 Å². The van der Waals surface area contributed by atoms with Gasteiger partial charge in [-0.25, -0.2) is 0 Å². The molecule has 10 aliphatic rings. The summed E-state index contributed by atoms with van der Waals surface area (Å²) < 4.78 is 60.1. The molecular formula is C40H60NO11-. The molecular weight excluding hydrogens is 670 g/mol. The number of carbonyl (C=O) groups is 1. The van der Waals surface area contributed by atoms with Gasteiger partial charge in [0.1, 0.15) is 36.3 Å². The zero-order valence-electron chi connectivity index (χ0n) is 30.9. The van der Waals surface area contributed by atoms with Crippen LogP contribution in [0.15, 0.2) is 12.2 Å². The van der Waals surface area contributed by atoms with Crippen LogP contribution in [0, 0.1) is 24.7 Å². The number of rotatable bonds is 4. The predicted octanol–water partition coefficient (Wildman–Crippen LogP) is 3.33. The molecule has 0 radical (unpaired) electrons. The number of aliphatic hydroxyl groups is 1. The lowest BCUT2D eigenvalue weighted by Gasteiger charge is -2.47. The fourth-order valence-corrected chi connectivity index (χ4v) is 11.4. The van der Waals surface area contributed by atoms with E-state index in [0.29, 0.717) is 31.6 Å². The molecule has 0 aromatic carbocycles. The Morgan fingerprint density at radius 1 is 0.846 bits per heavy atom. The first-order valence-corrected chi connectivity index (χ1v) is 20.3. The van der Waals surface area contributed by atoms with E-state index in [1.54, 1.807) is 7.11 Å². The minimum atomic E-state index is -0.778. The van der Waals surface area contributed by atoms with Gasteiger partial charge in [0.2, 0.25) is 0 Å². The standard InChI is InChI=1S/C40H60NO11/c1-19-11-24-5-7-28-20(2)12-26(45-28)9-10-40-17-33-36(51-40)37-38(50-33)39(52-40)35-29(49-37)8-6-25(47-35)13-22(42)14-27-31(16-30(46-24)21(19)3)48-32(34(27)44-4)15-23(43)18-41/h19,21,23-39,43H,2-3,5-18,41H2,1,4H3/q-1/t19-,21?,23+,24+,25-,26+,27+,28+,29+,30-,31+,32-,33-,34-,35+,36+,37+,38-,39+,40+/m1/s1. The van der Waals surface area contributed by atoms with Crippen LogP contribution in [-0.4, -0.2) is 128 Å². The fraction of sp³-hybridized carbons (Fsp3) is 0.900. The lowest BCUT2D eigenvalue weighted by molar-refractivity contribution is -0.292. The molecule has 0 saturated carbocycles. The van der Waals surface area contributed by atoms with E-state index in [0.717, 1.165) is 50.5 Å². The van der Waals surface area contributed by atoms with Gasteiger partial charge in [-0.05, 0) is 56.9 Å². The minimum Gasteiger partial charge on any atom is -0.392 e. The average molecular weight is 731 g/mol. The lowest BCUT2D eigenvalue weighted by atomic mass is 9.78. The Morgan fingerprint density at radius 2 is 1.62 bits per heavy atom. The Hall–Kier alpha value is -1.03. The molecule has 52 heavy (non-hydrogen) atoms. The van der Waals surface area contributed by atoms with E-state index < -0.39 is 11.9 Å². The van der Waals surface area contributed by atoms with Crippen LogP contribution < -0.4 is 5.73 Å². The topological polar surface area (TPSA) is 146 Å². The molecule has 1 spiro atoms. The van der Waals surface area contributed by atoms with Gasteiger partial charge in [0, 0.05) is 57.8 Å². The second kappa shape index (κ2) is 14.5. The molecule has 292 valence electrons. The van der Waals surface area contributed by atoms with E-state index in [-0.39, 0.29) is 129 Å². The number of ketones is 1. The maximum absolute atomic E-state index is 14.1. The molecule has 20 atom stereocenters. The van der Waals surface area contributed by atoms with Crippen molar-refractivity contribution in [3.8, 4) is 0 Å². The van der Waals surface area contributed by atoms with Crippen molar-refractivity contribution in [2.75, 3.05) is 13.7 Å². The number of nitrogens with two attached hydrogens (primary N) is 1. The Labute approximate surface area is 308 Å². The lowest BCUT2D eigenvalue weighted by Crippen LogP contribution is -2.61. The molecule has 0 aliphatic carbocycles. The highest BCUT2D eigenvalue weighted by atomic mass is 16.8. The van der Waals surface area contributed by atoms with Gasteiger partial charge in [-0.2, -0.15) is 0 Å². The van der Waals surface area contributed by atoms with Crippen LogP contribution >= 0.6 is 0 Å². The molecule has 1 unspecified atom stereocenters. The number of ether oxygens (including phenoxy) is 9. The normalized spacial score (nSPS) is 53.8. The van der Waals surface area contributed by atoms with Gasteiger partial charge < -0.3 is 60.4 Å². The summed E-state index contributed by atoms with van der Waals surface area (Å²) in [5, 5.41) is 10.5. The molecule has 0 aromatic heterocycles. The molecule has 12 bridgehead atoms. The van der Waals surface area contributed by atoms with Crippen molar-refractivity contribution < 1.29 is 52.5 Å². The molecule has 10 saturated heterocycles. The number of aliphatic hydroxyl groups excluding tert-OH is 1. The highest BCUT2D eigenvalue weighted by molar-refractivity contribution is 5.79. The van der Waals surface area contributed by atoms with Crippen LogP contribution in [0.5, 0.6) is 0 Å². The zero-order valence-corrected chi connectivity index (χ0v) is 30.9. The van der Waals surface area contributed by atoms with Crippen molar-refractivity contribution in [1.29, 1.82) is 0 Å². The molecule has 0 aromatic rings. The van der Waals surface area contributed by atoms with Crippen LogP contribution in [-0.2, 0) is 47.4 Å². The predicted molar refractivity (Wildman–Crippen MR) is 186 cm³/mol. The van der Waals surface area contributed by atoms with Gasteiger partial charge in [0.25, 0.3) is 0 Å². The van der Waals surface area contributed by atoms with Gasteiger partial charge in [-0.15, -0.1) is 5.92 Å². The van der Waals surface area contributed by atoms with Crippen molar-refractivity contribution >= 4 is 5.78 Å². The monoisotopic (exact) mass is 730 g/mol. The molecule has 10 heterocycles. The summed E-state index contributed by atoms with van der Waals surface area (Å²) in [6.45, 7) is 11.4. The molecule has 12 nitrogen and oxygen atoms in total. The highest BCUT2D eigenvalue weighted by Crippen LogP contribution is 2.54. The van der Waals surface area contributed by atoms with E-state index in [1.165, 1.54) is 0 Å². The quantitative estimate of drug-likeness (QED) is 0.323. The minimum absolute atomic E-state index is 0.00896. The third-order valence-corrected chi connectivity index (χ3v) is 14.2. The van der Waals surface area contributed by atoms with E-state index in [1.807, 2.05) is 0 Å². The third kappa shape index (κ3) is 6.67.